The Morgan fingerprint density at radius 2 is 1.52 bits per heavy atom. The molecule has 1 heterocycles. The topological polar surface area (TPSA) is 58.2 Å². The zero-order valence-electron chi connectivity index (χ0n) is 16.5. The van der Waals surface area contributed by atoms with Crippen molar-refractivity contribution in [1.82, 2.24) is 0 Å². The van der Waals surface area contributed by atoms with E-state index in [2.05, 4.69) is 10.6 Å². The van der Waals surface area contributed by atoms with Crippen molar-refractivity contribution in [2.75, 3.05) is 10.6 Å². The SMILES string of the molecule is O=C(Nc1cccc(C(F)(F)F)c1)c1cccc(NC(=O)c2sc3cc(F)ccc3c2Cl)c1. The molecular formula is C23H13ClF4N2O2S. The highest BCUT2D eigenvalue weighted by atomic mass is 35.5. The Morgan fingerprint density at radius 1 is 0.848 bits per heavy atom. The van der Waals surface area contributed by atoms with Crippen molar-refractivity contribution in [2.45, 2.75) is 6.18 Å². The van der Waals surface area contributed by atoms with Crippen LogP contribution in [0.3, 0.4) is 0 Å². The molecule has 1 aromatic heterocycles. The molecule has 2 amide bonds. The Labute approximate surface area is 193 Å². The fourth-order valence-corrected chi connectivity index (χ4v) is 4.52. The minimum atomic E-state index is -4.54. The van der Waals surface area contributed by atoms with E-state index in [1.165, 1.54) is 48.5 Å². The molecule has 0 aliphatic heterocycles. The average Bonchev–Trinajstić information content (AvgIpc) is 3.09. The summed E-state index contributed by atoms with van der Waals surface area (Å²) in [5.41, 5.74) is -0.513. The molecule has 4 rings (SSSR count). The number of amides is 2. The number of nitrogens with one attached hydrogen (secondary N) is 2. The number of alkyl halides is 3. The number of fused-ring (bicyclic) bond motifs is 1. The van der Waals surface area contributed by atoms with E-state index in [1.807, 2.05) is 0 Å². The summed E-state index contributed by atoms with van der Waals surface area (Å²) in [7, 11) is 0. The third kappa shape index (κ3) is 4.99. The lowest BCUT2D eigenvalue weighted by atomic mass is 10.1. The highest BCUT2D eigenvalue weighted by Gasteiger charge is 2.30. The Balaban J connectivity index is 1.52. The van der Waals surface area contributed by atoms with E-state index in [9.17, 15) is 27.2 Å². The summed E-state index contributed by atoms with van der Waals surface area (Å²) in [6.45, 7) is 0. The first-order chi connectivity index (χ1) is 15.6. The van der Waals surface area contributed by atoms with E-state index in [0.717, 1.165) is 23.5 Å². The van der Waals surface area contributed by atoms with Crippen LogP contribution >= 0.6 is 22.9 Å². The number of hydrogen-bond donors (Lipinski definition) is 2. The maximum absolute atomic E-state index is 13.5. The van der Waals surface area contributed by atoms with Gasteiger partial charge in [0, 0.05) is 27.0 Å². The average molecular weight is 493 g/mol. The number of anilines is 2. The molecule has 0 bridgehead atoms. The van der Waals surface area contributed by atoms with Gasteiger partial charge in [0.05, 0.1) is 10.6 Å². The van der Waals surface area contributed by atoms with Crippen LogP contribution < -0.4 is 10.6 Å². The van der Waals surface area contributed by atoms with Crippen molar-refractivity contribution < 1.29 is 27.2 Å². The first-order valence-corrected chi connectivity index (χ1v) is 10.6. The van der Waals surface area contributed by atoms with E-state index in [1.54, 1.807) is 6.07 Å². The van der Waals surface area contributed by atoms with Gasteiger partial charge in [0.25, 0.3) is 11.8 Å². The van der Waals surface area contributed by atoms with Gasteiger partial charge in [0.1, 0.15) is 10.7 Å². The van der Waals surface area contributed by atoms with Crippen molar-refractivity contribution in [3.63, 3.8) is 0 Å². The molecule has 3 aromatic carbocycles. The van der Waals surface area contributed by atoms with Crippen LogP contribution in [0.1, 0.15) is 25.6 Å². The molecule has 33 heavy (non-hydrogen) atoms. The molecule has 0 aliphatic rings. The van der Waals surface area contributed by atoms with Crippen LogP contribution in [0.5, 0.6) is 0 Å². The number of thiophene rings is 1. The van der Waals surface area contributed by atoms with Crippen LogP contribution in [0.25, 0.3) is 10.1 Å². The van der Waals surface area contributed by atoms with E-state index < -0.39 is 29.4 Å². The van der Waals surface area contributed by atoms with Crippen LogP contribution in [0.4, 0.5) is 28.9 Å². The predicted octanol–water partition coefficient (Wildman–Crippen LogP) is 7.22. The second-order valence-electron chi connectivity index (χ2n) is 6.95. The van der Waals surface area contributed by atoms with Gasteiger partial charge in [-0.2, -0.15) is 13.2 Å². The number of hydrogen-bond acceptors (Lipinski definition) is 3. The maximum Gasteiger partial charge on any atom is 0.416 e. The van der Waals surface area contributed by atoms with Crippen LogP contribution in [0.2, 0.25) is 5.02 Å². The summed E-state index contributed by atoms with van der Waals surface area (Å²) in [5, 5.41) is 5.77. The molecule has 0 unspecified atom stereocenters. The largest absolute Gasteiger partial charge is 0.416 e. The zero-order chi connectivity index (χ0) is 23.8. The molecule has 0 atom stereocenters. The number of halogens is 5. The molecule has 4 nitrogen and oxygen atoms in total. The Kier molecular flexibility index (Phi) is 6.09. The van der Waals surface area contributed by atoms with Gasteiger partial charge in [-0.3, -0.25) is 9.59 Å². The molecule has 10 heteroatoms. The van der Waals surface area contributed by atoms with E-state index in [-0.39, 0.29) is 26.8 Å². The second-order valence-corrected chi connectivity index (χ2v) is 8.38. The number of carbonyl (C=O) groups excluding carboxylic acids is 2. The smallest absolute Gasteiger partial charge is 0.322 e. The Hall–Kier alpha value is -3.43. The third-order valence-electron chi connectivity index (χ3n) is 4.63. The molecule has 2 N–H and O–H groups in total. The number of rotatable bonds is 4. The summed E-state index contributed by atoms with van der Waals surface area (Å²) >= 11 is 7.30. The van der Waals surface area contributed by atoms with Crippen LogP contribution in [0, 0.1) is 5.82 Å². The maximum atomic E-state index is 13.5. The van der Waals surface area contributed by atoms with Gasteiger partial charge in [0.2, 0.25) is 0 Å². The summed E-state index contributed by atoms with van der Waals surface area (Å²) in [6, 6.07) is 14.2. The summed E-state index contributed by atoms with van der Waals surface area (Å²) in [5.74, 6) is -1.65. The van der Waals surface area contributed by atoms with E-state index in [0.29, 0.717) is 10.1 Å². The standard InChI is InChI=1S/C23H13ClF4N2O2S/c24-19-17-8-7-14(25)11-18(17)33-20(19)22(32)30-15-5-1-3-12(9-15)21(31)29-16-6-2-4-13(10-16)23(26,27)28/h1-11H,(H,29,31)(H,30,32). The van der Waals surface area contributed by atoms with Gasteiger partial charge >= 0.3 is 6.18 Å². The summed E-state index contributed by atoms with van der Waals surface area (Å²) < 4.78 is 52.6. The minimum Gasteiger partial charge on any atom is -0.322 e. The van der Waals surface area contributed by atoms with E-state index >= 15 is 0 Å². The first-order valence-electron chi connectivity index (χ1n) is 9.39. The van der Waals surface area contributed by atoms with Crippen molar-refractivity contribution in [1.29, 1.82) is 0 Å². The van der Waals surface area contributed by atoms with Crippen LogP contribution in [0.15, 0.2) is 66.7 Å². The molecule has 168 valence electrons. The van der Waals surface area contributed by atoms with Gasteiger partial charge in [-0.05, 0) is 54.6 Å². The fourth-order valence-electron chi connectivity index (χ4n) is 3.09. The quantitative estimate of drug-likeness (QED) is 0.295. The highest BCUT2D eigenvalue weighted by molar-refractivity contribution is 7.21. The molecule has 0 aliphatic carbocycles. The molecule has 0 radical (unpaired) electrons. The van der Waals surface area contributed by atoms with Gasteiger partial charge in [-0.15, -0.1) is 11.3 Å². The Morgan fingerprint density at radius 3 is 2.24 bits per heavy atom. The van der Waals surface area contributed by atoms with Crippen molar-refractivity contribution >= 4 is 56.2 Å². The monoisotopic (exact) mass is 492 g/mol. The van der Waals surface area contributed by atoms with Gasteiger partial charge in [-0.25, -0.2) is 4.39 Å². The summed E-state index contributed by atoms with van der Waals surface area (Å²) in [6.07, 6.45) is -4.54. The van der Waals surface area contributed by atoms with Crippen LogP contribution in [-0.4, -0.2) is 11.8 Å². The van der Waals surface area contributed by atoms with Gasteiger partial charge in [-0.1, -0.05) is 23.7 Å². The lowest BCUT2D eigenvalue weighted by Crippen LogP contribution is -2.15. The minimum absolute atomic E-state index is 0.0199. The van der Waals surface area contributed by atoms with Gasteiger partial charge < -0.3 is 10.6 Å². The van der Waals surface area contributed by atoms with E-state index in [4.69, 9.17) is 11.6 Å². The molecule has 0 saturated heterocycles. The molecule has 0 spiro atoms. The number of carbonyl (C=O) groups is 2. The molecule has 4 aromatic rings. The fraction of sp³-hybridized carbons (Fsp3) is 0.0435. The lowest BCUT2D eigenvalue weighted by Gasteiger charge is -2.11. The first kappa shape index (κ1) is 22.8. The third-order valence-corrected chi connectivity index (χ3v) is 6.28. The predicted molar refractivity (Wildman–Crippen MR) is 121 cm³/mol. The van der Waals surface area contributed by atoms with Crippen molar-refractivity contribution in [2.24, 2.45) is 0 Å². The zero-order valence-corrected chi connectivity index (χ0v) is 18.0. The normalized spacial score (nSPS) is 11.4. The molecule has 0 fully saturated rings. The lowest BCUT2D eigenvalue weighted by molar-refractivity contribution is -0.137. The highest BCUT2D eigenvalue weighted by Crippen LogP contribution is 2.36. The van der Waals surface area contributed by atoms with Crippen LogP contribution in [-0.2, 0) is 6.18 Å². The van der Waals surface area contributed by atoms with Gasteiger partial charge in [0.15, 0.2) is 0 Å². The van der Waals surface area contributed by atoms with Crippen molar-refractivity contribution in [3.05, 3.63) is 93.6 Å². The number of benzene rings is 3. The summed E-state index contributed by atoms with van der Waals surface area (Å²) in [4.78, 5) is 25.4. The second kappa shape index (κ2) is 8.84. The Bertz CT molecular complexity index is 1380. The molecular weight excluding hydrogens is 480 g/mol. The van der Waals surface area contributed by atoms with Crippen molar-refractivity contribution in [3.8, 4) is 0 Å². The molecule has 0 saturated carbocycles.